The third-order valence-electron chi connectivity index (χ3n) is 4.53. The van der Waals surface area contributed by atoms with Crippen molar-refractivity contribution in [1.29, 1.82) is 0 Å². The largest absolute Gasteiger partial charge is 0.456 e. The standard InChI is InChI=1S/C21H20N2O4S/c24-20-12-15(22-19-9-3-4-10-23(19)20)13-27-21(25)17-7-1-2-8-18(17)28-14-16-6-5-11-26-16/h1-4,7-10,12,16H,5-6,11,13-14H2. The fraction of sp³-hybridized carbons (Fsp3) is 0.286. The van der Waals surface area contributed by atoms with E-state index in [0.29, 0.717) is 16.9 Å². The van der Waals surface area contributed by atoms with Gasteiger partial charge in [-0.2, -0.15) is 0 Å². The lowest BCUT2D eigenvalue weighted by Gasteiger charge is -2.12. The molecule has 0 bridgehead atoms. The van der Waals surface area contributed by atoms with E-state index in [1.807, 2.05) is 18.2 Å². The topological polar surface area (TPSA) is 69.9 Å². The van der Waals surface area contributed by atoms with Gasteiger partial charge in [0.2, 0.25) is 0 Å². The molecule has 1 aromatic carbocycles. The van der Waals surface area contributed by atoms with Gasteiger partial charge < -0.3 is 9.47 Å². The molecule has 3 heterocycles. The summed E-state index contributed by atoms with van der Waals surface area (Å²) in [5.41, 5.74) is 1.26. The second-order valence-electron chi connectivity index (χ2n) is 6.53. The highest BCUT2D eigenvalue weighted by atomic mass is 32.2. The Morgan fingerprint density at radius 1 is 1.25 bits per heavy atom. The molecular weight excluding hydrogens is 376 g/mol. The van der Waals surface area contributed by atoms with Crippen LogP contribution in [0.25, 0.3) is 5.65 Å². The van der Waals surface area contributed by atoms with Crippen LogP contribution in [-0.4, -0.2) is 33.8 Å². The average Bonchev–Trinajstić information content (AvgIpc) is 3.24. The van der Waals surface area contributed by atoms with Crippen LogP contribution in [0.15, 0.2) is 64.4 Å². The van der Waals surface area contributed by atoms with Crippen molar-refractivity contribution in [2.24, 2.45) is 0 Å². The van der Waals surface area contributed by atoms with Crippen molar-refractivity contribution >= 4 is 23.4 Å². The summed E-state index contributed by atoms with van der Waals surface area (Å²) in [4.78, 5) is 30.0. The van der Waals surface area contributed by atoms with Gasteiger partial charge in [-0.05, 0) is 37.1 Å². The van der Waals surface area contributed by atoms with Crippen molar-refractivity contribution in [3.05, 3.63) is 76.3 Å². The lowest BCUT2D eigenvalue weighted by molar-refractivity contribution is 0.0463. The Labute approximate surface area is 166 Å². The maximum absolute atomic E-state index is 12.6. The summed E-state index contributed by atoms with van der Waals surface area (Å²) in [6.45, 7) is 0.762. The molecule has 0 amide bonds. The Kier molecular flexibility index (Phi) is 5.73. The first-order chi connectivity index (χ1) is 13.7. The van der Waals surface area contributed by atoms with Gasteiger partial charge in [-0.15, -0.1) is 11.8 Å². The number of carbonyl (C=O) groups excluding carboxylic acids is 1. The van der Waals surface area contributed by atoms with Crippen molar-refractivity contribution in [3.63, 3.8) is 0 Å². The smallest absolute Gasteiger partial charge is 0.339 e. The molecule has 1 saturated heterocycles. The molecule has 2 aromatic heterocycles. The molecule has 1 unspecified atom stereocenters. The number of hydrogen-bond donors (Lipinski definition) is 0. The molecule has 1 fully saturated rings. The molecule has 3 aromatic rings. The molecular formula is C21H20N2O4S. The van der Waals surface area contributed by atoms with Crippen LogP contribution in [0.5, 0.6) is 0 Å². The van der Waals surface area contributed by atoms with Gasteiger partial charge in [-0.1, -0.05) is 18.2 Å². The molecule has 4 rings (SSSR count). The monoisotopic (exact) mass is 396 g/mol. The fourth-order valence-electron chi connectivity index (χ4n) is 3.11. The second-order valence-corrected chi connectivity index (χ2v) is 7.59. The first kappa shape index (κ1) is 18.7. The number of esters is 1. The van der Waals surface area contributed by atoms with Crippen molar-refractivity contribution < 1.29 is 14.3 Å². The van der Waals surface area contributed by atoms with E-state index in [2.05, 4.69) is 4.98 Å². The number of pyridine rings is 1. The van der Waals surface area contributed by atoms with Gasteiger partial charge in [0.15, 0.2) is 0 Å². The predicted octanol–water partition coefficient (Wildman–Crippen LogP) is 3.32. The number of benzene rings is 1. The highest BCUT2D eigenvalue weighted by Crippen LogP contribution is 2.27. The lowest BCUT2D eigenvalue weighted by atomic mass is 10.2. The number of hydrogen-bond acceptors (Lipinski definition) is 6. The number of rotatable bonds is 6. The van der Waals surface area contributed by atoms with Gasteiger partial charge in [-0.3, -0.25) is 9.20 Å². The van der Waals surface area contributed by atoms with Crippen LogP contribution in [0.1, 0.15) is 28.9 Å². The van der Waals surface area contributed by atoms with E-state index in [9.17, 15) is 9.59 Å². The number of aromatic nitrogens is 2. The third kappa shape index (κ3) is 4.26. The van der Waals surface area contributed by atoms with Gasteiger partial charge >= 0.3 is 5.97 Å². The SMILES string of the molecule is O=C(OCc1cc(=O)n2ccccc2n1)c1ccccc1SCC1CCCO1. The Morgan fingerprint density at radius 3 is 2.96 bits per heavy atom. The highest BCUT2D eigenvalue weighted by Gasteiger charge is 2.18. The van der Waals surface area contributed by atoms with Crippen molar-refractivity contribution in [3.8, 4) is 0 Å². The zero-order valence-corrected chi connectivity index (χ0v) is 16.1. The molecule has 6 nitrogen and oxygen atoms in total. The van der Waals surface area contributed by atoms with Gasteiger partial charge in [0, 0.05) is 29.5 Å². The number of thioether (sulfide) groups is 1. The maximum atomic E-state index is 12.6. The minimum absolute atomic E-state index is 0.0514. The predicted molar refractivity (Wildman–Crippen MR) is 107 cm³/mol. The first-order valence-electron chi connectivity index (χ1n) is 9.18. The van der Waals surface area contributed by atoms with Gasteiger partial charge in [0.1, 0.15) is 12.3 Å². The molecule has 0 aliphatic carbocycles. The van der Waals surface area contributed by atoms with Crippen LogP contribution in [0.4, 0.5) is 0 Å². The van der Waals surface area contributed by atoms with Gasteiger partial charge in [0.25, 0.3) is 5.56 Å². The van der Waals surface area contributed by atoms with Crippen molar-refractivity contribution in [1.82, 2.24) is 9.38 Å². The molecule has 7 heteroatoms. The van der Waals surface area contributed by atoms with E-state index < -0.39 is 5.97 Å². The Morgan fingerprint density at radius 2 is 2.11 bits per heavy atom. The van der Waals surface area contributed by atoms with Crippen molar-refractivity contribution in [2.75, 3.05) is 12.4 Å². The normalized spacial score (nSPS) is 16.4. The summed E-state index contributed by atoms with van der Waals surface area (Å²) in [5.74, 6) is 0.387. The van der Waals surface area contributed by atoms with E-state index in [1.54, 1.807) is 42.2 Å². The van der Waals surface area contributed by atoms with Crippen LogP contribution in [0.3, 0.4) is 0 Å². The minimum atomic E-state index is -0.425. The third-order valence-corrected chi connectivity index (χ3v) is 5.74. The van der Waals surface area contributed by atoms with Crippen LogP contribution in [0.2, 0.25) is 0 Å². The van der Waals surface area contributed by atoms with Crippen molar-refractivity contribution in [2.45, 2.75) is 30.4 Å². The van der Waals surface area contributed by atoms with E-state index in [0.717, 1.165) is 30.1 Å². The number of carbonyl (C=O) groups is 1. The summed E-state index contributed by atoms with van der Waals surface area (Å²) >= 11 is 1.60. The molecule has 1 aliphatic rings. The molecule has 0 N–H and O–H groups in total. The van der Waals surface area contributed by atoms with Crippen LogP contribution >= 0.6 is 11.8 Å². The molecule has 1 atom stereocenters. The summed E-state index contributed by atoms with van der Waals surface area (Å²) in [7, 11) is 0. The average molecular weight is 396 g/mol. The number of ether oxygens (including phenoxy) is 2. The molecule has 0 radical (unpaired) electrons. The Bertz CT molecular complexity index is 1040. The summed E-state index contributed by atoms with van der Waals surface area (Å²) < 4.78 is 12.5. The van der Waals surface area contributed by atoms with Crippen LogP contribution in [-0.2, 0) is 16.1 Å². The van der Waals surface area contributed by atoms with Crippen LogP contribution in [0, 0.1) is 0 Å². The second kappa shape index (κ2) is 8.58. The van der Waals surface area contributed by atoms with Crippen LogP contribution < -0.4 is 5.56 Å². The summed E-state index contributed by atoms with van der Waals surface area (Å²) in [6.07, 6.45) is 4.04. The fourth-order valence-corrected chi connectivity index (χ4v) is 4.22. The number of nitrogens with zero attached hydrogens (tertiary/aromatic N) is 2. The zero-order chi connectivity index (χ0) is 19.3. The lowest BCUT2D eigenvalue weighted by Crippen LogP contribution is -2.16. The quantitative estimate of drug-likeness (QED) is 0.470. The van der Waals surface area contributed by atoms with E-state index in [-0.39, 0.29) is 18.3 Å². The molecule has 144 valence electrons. The first-order valence-corrected chi connectivity index (χ1v) is 10.2. The van der Waals surface area contributed by atoms with E-state index in [1.165, 1.54) is 10.5 Å². The number of fused-ring (bicyclic) bond motifs is 1. The molecule has 28 heavy (non-hydrogen) atoms. The zero-order valence-electron chi connectivity index (χ0n) is 15.2. The highest BCUT2D eigenvalue weighted by molar-refractivity contribution is 7.99. The minimum Gasteiger partial charge on any atom is -0.456 e. The van der Waals surface area contributed by atoms with E-state index in [4.69, 9.17) is 9.47 Å². The van der Waals surface area contributed by atoms with Gasteiger partial charge in [-0.25, -0.2) is 9.78 Å². The Balaban J connectivity index is 1.44. The van der Waals surface area contributed by atoms with Gasteiger partial charge in [0.05, 0.1) is 17.4 Å². The Hall–Kier alpha value is -2.64. The molecule has 1 aliphatic heterocycles. The molecule has 0 spiro atoms. The summed E-state index contributed by atoms with van der Waals surface area (Å²) in [5, 5.41) is 0. The summed E-state index contributed by atoms with van der Waals surface area (Å²) in [6, 6.07) is 14.1. The molecule has 0 saturated carbocycles. The maximum Gasteiger partial charge on any atom is 0.339 e. The van der Waals surface area contributed by atoms with E-state index >= 15 is 0 Å².